The van der Waals surface area contributed by atoms with Crippen LogP contribution in [0.2, 0.25) is 0 Å². The molecule has 7 heterocycles. The zero-order valence-electron chi connectivity index (χ0n) is 77.9. The molecule has 4 aromatic heterocycles. The number of fused-ring (bicyclic) bond motifs is 5. The van der Waals surface area contributed by atoms with Gasteiger partial charge in [0.05, 0.1) is 73.4 Å². The number of carbonyl (C=O) groups excluding carboxylic acids is 15. The van der Waals surface area contributed by atoms with Crippen molar-refractivity contribution in [3.05, 3.63) is 160 Å². The number of primary amides is 1. The lowest BCUT2D eigenvalue weighted by atomic mass is 9.72. The van der Waals surface area contributed by atoms with Crippen molar-refractivity contribution in [3.8, 4) is 17.2 Å². The van der Waals surface area contributed by atoms with Crippen molar-refractivity contribution < 1.29 is 121 Å². The minimum Gasteiger partial charge on any atom is -0.507 e. The number of nitrogens with one attached hydrogen (secondary N) is 15. The van der Waals surface area contributed by atoms with Crippen molar-refractivity contribution in [2.24, 2.45) is 16.6 Å². The van der Waals surface area contributed by atoms with Crippen LogP contribution in [-0.2, 0) is 114 Å². The third kappa shape index (κ3) is 25.5. The molecule has 1 unspecified atom stereocenters. The lowest BCUT2D eigenvalue weighted by Crippen LogP contribution is -2.61. The molecule has 8 aromatic rings. The molecule has 0 saturated carbocycles. The van der Waals surface area contributed by atoms with Gasteiger partial charge in [0, 0.05) is 158 Å². The number of oxime groups is 1. The van der Waals surface area contributed by atoms with Crippen molar-refractivity contribution in [3.63, 3.8) is 0 Å². The SMILES string of the molecule is CCCC(=O)NCCCC[C@H](NC(=O)[C@H](Cc1c[nH]c2ccccc12)NC(=O)[C@H](Cc1cnc[nH]1)NC(=O)C1CCC(=O)N1)C(=O)N[C@@H](Cc1cnc[nH]1)C(=O)N[C@@H](CC(=O)O)C(=O)N[C@@H](Cc1c[nH]c2ccccc12)C(=O)N[C@@H](CCCCNC(=O)CO/N=C(\C)[C@]1(O)Cc2c(O)c3c(c(O)c2[C@@H](O[C@H]2C[C@H](N)[C@H](O)[C@H](C)O2)C1)C(=O)c1c(OC)cccc1C3=O)C(=O)N1CCC[C@H]1C(=O)NCC(N)=O. The summed E-state index contributed by atoms with van der Waals surface area (Å²) in [5.41, 5.74) is 10.4. The highest BCUT2D eigenvalue weighted by Gasteiger charge is 2.51. The zero-order valence-corrected chi connectivity index (χ0v) is 77.9. The summed E-state index contributed by atoms with van der Waals surface area (Å²) in [5, 5.41) is 92.7. The van der Waals surface area contributed by atoms with E-state index in [-0.39, 0.29) is 167 Å². The number of phenolic OH excluding ortho intramolecular Hbond substituents is 2. The molecule has 3 aliphatic heterocycles. The van der Waals surface area contributed by atoms with Crippen LogP contribution in [0.1, 0.15) is 189 Å². The Kier molecular flexibility index (Phi) is 34.5. The van der Waals surface area contributed by atoms with Gasteiger partial charge in [-0.15, -0.1) is 0 Å². The summed E-state index contributed by atoms with van der Waals surface area (Å²) >= 11 is 0. The van der Waals surface area contributed by atoms with Crippen LogP contribution < -0.4 is 74.7 Å². The topological polar surface area (TPSA) is 700 Å². The first-order chi connectivity index (χ1) is 67.6. The molecule has 24 N–H and O–H groups in total. The number of hydrogen-bond acceptors (Lipinski definition) is 28. The Morgan fingerprint density at radius 3 is 1.77 bits per heavy atom. The Bertz CT molecular complexity index is 6010. The van der Waals surface area contributed by atoms with E-state index in [1.54, 1.807) is 67.8 Å². The molecular formula is C95H117N21O25. The van der Waals surface area contributed by atoms with E-state index >= 15 is 28.8 Å². The van der Waals surface area contributed by atoms with Crippen LogP contribution >= 0.6 is 0 Å². The summed E-state index contributed by atoms with van der Waals surface area (Å²) in [6.07, 6.45) is 1.97. The maximum atomic E-state index is 15.5. The number of aliphatic hydroxyl groups is 2. The number of aromatic nitrogens is 6. The number of carbonyl (C=O) groups is 16. The van der Waals surface area contributed by atoms with E-state index in [2.05, 4.69) is 93.5 Å². The predicted molar refractivity (Wildman–Crippen MR) is 500 cm³/mol. The molecule has 141 heavy (non-hydrogen) atoms. The summed E-state index contributed by atoms with van der Waals surface area (Å²) in [5.74, 6) is -15.6. The quantitative estimate of drug-likeness (QED) is 0.00973. The fraction of sp³-hybridized carbons (Fsp3) is 0.463. The number of benzene rings is 4. The summed E-state index contributed by atoms with van der Waals surface area (Å²) in [6, 6.07) is 3.63. The van der Waals surface area contributed by atoms with E-state index in [0.29, 0.717) is 45.0 Å². The highest BCUT2D eigenvalue weighted by molar-refractivity contribution is 6.31. The van der Waals surface area contributed by atoms with Gasteiger partial charge in [0.1, 0.15) is 77.2 Å². The second-order valence-corrected chi connectivity index (χ2v) is 35.7. The van der Waals surface area contributed by atoms with Gasteiger partial charge in [0.15, 0.2) is 18.7 Å². The van der Waals surface area contributed by atoms with Gasteiger partial charge in [0.25, 0.3) is 5.91 Å². The number of nitrogens with two attached hydrogens (primary N) is 2. The van der Waals surface area contributed by atoms with Crippen LogP contribution in [0, 0.1) is 0 Å². The lowest BCUT2D eigenvalue weighted by molar-refractivity contribution is -0.245. The average molecular weight is 1950 g/mol. The monoisotopic (exact) mass is 1950 g/mol. The summed E-state index contributed by atoms with van der Waals surface area (Å²) < 4.78 is 17.8. The standard InChI is InChI=1S/C95H117N21O25/c1-5-16-72(118)100-28-12-10-22-60(108-88(130)63(31-49-39-102-58-20-8-6-17-53(49)58)110-90(132)65(33-51-41-98-45-105-51)113-87(129)61-26-27-73(119)107-61)86(128)112-66(34-52-42-99-46-106-52)91(133)114-67(36-75(121)122)92(134)111-64(32-50-40-103-59-21-9-7-18-54(50)59)89(131)109-62(94(136)116-30-15-24-68(116)93(135)104-43-71(97)117)23-11-13-29-101-74(120)44-139-115-48(3)95(137)37-56-78(70(38-95)141-76-35-57(96)81(123)47(2)140-76)85(127)80-79(83(56)125)82(124)55-19-14-25-69(138-4)77(55)84(80)126/h6-9,14,17-21,25,39-42,45-47,57,60-68,70,76,81,102-103,123,125,127,137H,5,10-13,15-16,22-24,26-38,43-44,96H2,1-4H3,(H2,97,117)(H,98,105)(H,99,106)(H,100,118)(H,101,120)(H,104,135)(H,107,119)(H,108,130)(H,109,131)(H,110,132)(H,111,134)(H,112,128)(H,113,129)(H,114,133)(H,121,122)/b115-48+/t47-,57-,60-,61?,62-,63-,64-,65-,66-,67-,68-,70-,76-,81+,95-/m0/s1. The molecule has 2 aliphatic carbocycles. The average Bonchev–Trinajstić information content (AvgIpc) is 1.39. The molecular weight excluding hydrogens is 1840 g/mol. The van der Waals surface area contributed by atoms with Gasteiger partial charge >= 0.3 is 5.97 Å². The first-order valence-corrected chi connectivity index (χ1v) is 46.7. The molecule has 13 rings (SSSR count). The number of rotatable bonds is 47. The largest absolute Gasteiger partial charge is 0.507 e. The third-order valence-corrected chi connectivity index (χ3v) is 25.7. The second-order valence-electron chi connectivity index (χ2n) is 35.7. The van der Waals surface area contributed by atoms with E-state index in [1.807, 2.05) is 6.92 Å². The number of methoxy groups -OCH3 is 1. The van der Waals surface area contributed by atoms with Crippen LogP contribution in [0.5, 0.6) is 17.2 Å². The van der Waals surface area contributed by atoms with E-state index < -0.39 is 235 Å². The third-order valence-electron chi connectivity index (χ3n) is 25.7. The number of aliphatic carboxylic acids is 1. The van der Waals surface area contributed by atoms with Crippen molar-refractivity contribution >= 4 is 122 Å². The maximum absolute atomic E-state index is 15.5. The zero-order chi connectivity index (χ0) is 101. The number of likely N-dealkylation sites (tertiary alicyclic amines) is 1. The lowest BCUT2D eigenvalue weighted by Gasteiger charge is -2.42. The van der Waals surface area contributed by atoms with Gasteiger partial charge in [-0.1, -0.05) is 60.6 Å². The van der Waals surface area contributed by atoms with Gasteiger partial charge in [-0.05, 0) is 107 Å². The fourth-order valence-corrected chi connectivity index (χ4v) is 18.2. The van der Waals surface area contributed by atoms with Gasteiger partial charge in [0.2, 0.25) is 76.7 Å². The molecule has 3 fully saturated rings. The second kappa shape index (κ2) is 47.1. The van der Waals surface area contributed by atoms with Crippen molar-refractivity contribution in [2.75, 3.05) is 39.9 Å². The first kappa shape index (κ1) is 103. The number of nitrogens with zero attached hydrogens (tertiary/aromatic N) is 4. The van der Waals surface area contributed by atoms with Crippen LogP contribution in [0.25, 0.3) is 21.8 Å². The molecule has 46 heteroatoms. The van der Waals surface area contributed by atoms with Gasteiger partial charge in [-0.3, -0.25) is 76.7 Å². The minimum atomic E-state index is -2.16. The number of aliphatic hydroxyl groups excluding tert-OH is 1. The van der Waals surface area contributed by atoms with Crippen LogP contribution in [-0.4, -0.2) is 285 Å². The molecule has 0 spiro atoms. The Labute approximate surface area is 806 Å². The Morgan fingerprint density at radius 1 is 0.645 bits per heavy atom. The highest BCUT2D eigenvalue weighted by atomic mass is 16.7. The Balaban J connectivity index is 0.720. The number of ketones is 2. The molecule has 752 valence electrons. The number of para-hydroxylation sites is 2. The van der Waals surface area contributed by atoms with E-state index in [1.165, 1.54) is 62.2 Å². The number of imidazole rings is 2. The summed E-state index contributed by atoms with van der Waals surface area (Å²) in [6.45, 7) is 3.37. The molecule has 0 bridgehead atoms. The smallest absolute Gasteiger partial charge is 0.305 e. The number of amides is 13. The molecule has 3 saturated heterocycles. The Hall–Kier alpha value is -15.0. The number of carboxylic acid groups (broad SMARTS) is 1. The number of unbranched alkanes of at least 4 members (excludes halogenated alkanes) is 2. The van der Waals surface area contributed by atoms with Crippen LogP contribution in [0.3, 0.4) is 0 Å². The Morgan fingerprint density at radius 2 is 1.20 bits per heavy atom. The van der Waals surface area contributed by atoms with E-state index in [4.69, 9.17) is 30.5 Å². The number of carboxylic acids is 1. The first-order valence-electron chi connectivity index (χ1n) is 46.7. The van der Waals surface area contributed by atoms with Gasteiger partial charge < -0.3 is 139 Å². The van der Waals surface area contributed by atoms with E-state index in [9.17, 15) is 73.5 Å². The maximum Gasteiger partial charge on any atom is 0.305 e. The van der Waals surface area contributed by atoms with Crippen molar-refractivity contribution in [2.45, 2.75) is 240 Å². The summed E-state index contributed by atoms with van der Waals surface area (Å²) in [4.78, 5) is 253. The van der Waals surface area contributed by atoms with Crippen molar-refractivity contribution in [1.82, 2.24) is 93.3 Å². The number of hydrogen-bond donors (Lipinski definition) is 22. The number of phenols is 2. The van der Waals surface area contributed by atoms with Crippen molar-refractivity contribution in [1.29, 1.82) is 0 Å². The number of aromatic hydroxyl groups is 2. The minimum absolute atomic E-state index is 0.0195. The molecule has 13 amide bonds. The van der Waals surface area contributed by atoms with E-state index in [0.717, 1.165) is 0 Å². The predicted octanol–water partition coefficient (Wildman–Crippen LogP) is -0.676. The van der Waals surface area contributed by atoms with Crippen LogP contribution in [0.4, 0.5) is 0 Å². The molecule has 5 aliphatic rings. The highest BCUT2D eigenvalue weighted by Crippen LogP contribution is 2.53. The normalized spacial score (nSPS) is 20.2. The molecule has 0 radical (unpaired) electrons. The van der Waals surface area contributed by atoms with Gasteiger partial charge in [-0.2, -0.15) is 0 Å². The number of aromatic amines is 4. The van der Waals surface area contributed by atoms with Gasteiger partial charge in [-0.25, -0.2) is 9.97 Å². The number of H-pyrrole nitrogens is 4. The molecule has 4 aromatic carbocycles. The molecule has 46 nitrogen and oxygen atoms in total. The van der Waals surface area contributed by atoms with Crippen LogP contribution in [0.15, 0.2) is 109 Å². The number of ether oxygens (including phenoxy) is 3. The molecule has 15 atom stereocenters. The summed E-state index contributed by atoms with van der Waals surface area (Å²) in [7, 11) is 1.29. The fourth-order valence-electron chi connectivity index (χ4n) is 18.2.